The Kier molecular flexibility index (Phi) is 3.98. The second-order valence-corrected chi connectivity index (χ2v) is 4.13. The molecule has 0 saturated carbocycles. The minimum atomic E-state index is -1.13. The van der Waals surface area contributed by atoms with Crippen LogP contribution < -0.4 is 11.1 Å². The van der Waals surface area contributed by atoms with Gasteiger partial charge in [-0.25, -0.2) is 9.78 Å². The van der Waals surface area contributed by atoms with Gasteiger partial charge < -0.3 is 21.6 Å². The fourth-order valence-corrected chi connectivity index (χ4v) is 1.78. The third-order valence-corrected chi connectivity index (χ3v) is 2.85. The molecular weight excluding hydrogens is 274 g/mol. The minimum Gasteiger partial charge on any atom is -0.477 e. The van der Waals surface area contributed by atoms with Gasteiger partial charge >= 0.3 is 5.97 Å². The summed E-state index contributed by atoms with van der Waals surface area (Å²) < 4.78 is 1.33. The fraction of sp³-hybridized carbons (Fsp3) is 0.0769. The summed E-state index contributed by atoms with van der Waals surface area (Å²) in [5.41, 5.74) is 6.20. The number of nitrogens with zero attached hydrogens (tertiary/aromatic N) is 2. The van der Waals surface area contributed by atoms with Crippen LogP contribution in [0.1, 0.15) is 20.8 Å². The standard InChI is InChI=1S/C13H13N5O3/c14-4-8(5-15)6-17-12(19)9-2-1-3-18-10(13(20)21)7-16-11(9)18/h1-5,7,14H,6,15H2,(H,17,19)(H,20,21)/b8-5+,14-4?. The van der Waals surface area contributed by atoms with Gasteiger partial charge in [0.2, 0.25) is 0 Å². The molecule has 0 aliphatic heterocycles. The van der Waals surface area contributed by atoms with Crippen LogP contribution in [0.15, 0.2) is 36.3 Å². The Labute approximate surface area is 119 Å². The van der Waals surface area contributed by atoms with Crippen molar-refractivity contribution >= 4 is 23.7 Å². The van der Waals surface area contributed by atoms with E-state index in [1.165, 1.54) is 23.0 Å². The zero-order valence-corrected chi connectivity index (χ0v) is 10.9. The second kappa shape index (κ2) is 5.87. The minimum absolute atomic E-state index is 0.0262. The lowest BCUT2D eigenvalue weighted by Crippen LogP contribution is -2.27. The smallest absolute Gasteiger partial charge is 0.354 e. The molecular formula is C13H13N5O3. The molecule has 5 N–H and O–H groups in total. The first kappa shape index (κ1) is 14.3. The molecule has 0 fully saturated rings. The van der Waals surface area contributed by atoms with Crippen LogP contribution in [-0.2, 0) is 0 Å². The van der Waals surface area contributed by atoms with Crippen molar-refractivity contribution in [1.82, 2.24) is 14.7 Å². The highest BCUT2D eigenvalue weighted by Gasteiger charge is 2.16. The molecule has 108 valence electrons. The predicted molar refractivity (Wildman–Crippen MR) is 75.5 cm³/mol. The SMILES string of the molecule is N=C/C(=C\N)CNC(=O)c1cccn2c(C(=O)O)cnc12. The number of carboxylic acids is 1. The van der Waals surface area contributed by atoms with Crippen LogP contribution in [0.3, 0.4) is 0 Å². The van der Waals surface area contributed by atoms with Crippen LogP contribution in [0.5, 0.6) is 0 Å². The van der Waals surface area contributed by atoms with Crippen LogP contribution in [-0.4, -0.2) is 39.1 Å². The summed E-state index contributed by atoms with van der Waals surface area (Å²) in [6.07, 6.45) is 4.98. The van der Waals surface area contributed by atoms with Crippen molar-refractivity contribution in [1.29, 1.82) is 5.41 Å². The van der Waals surface area contributed by atoms with E-state index in [2.05, 4.69) is 10.3 Å². The maximum atomic E-state index is 12.1. The van der Waals surface area contributed by atoms with Gasteiger partial charge in [0, 0.05) is 30.7 Å². The van der Waals surface area contributed by atoms with Gasteiger partial charge in [0.1, 0.15) is 5.65 Å². The molecule has 2 heterocycles. The molecule has 0 aliphatic carbocycles. The lowest BCUT2D eigenvalue weighted by Gasteiger charge is -2.06. The maximum Gasteiger partial charge on any atom is 0.354 e. The van der Waals surface area contributed by atoms with Gasteiger partial charge in [0.25, 0.3) is 5.91 Å². The Morgan fingerprint density at radius 3 is 2.90 bits per heavy atom. The first-order valence-electron chi connectivity index (χ1n) is 5.97. The number of carbonyl (C=O) groups excluding carboxylic acids is 1. The molecule has 2 aromatic rings. The molecule has 2 rings (SSSR count). The molecule has 0 spiro atoms. The normalized spacial score (nSPS) is 11.3. The molecule has 0 saturated heterocycles. The van der Waals surface area contributed by atoms with Crippen molar-refractivity contribution < 1.29 is 14.7 Å². The highest BCUT2D eigenvalue weighted by Crippen LogP contribution is 2.12. The number of pyridine rings is 1. The molecule has 0 aromatic carbocycles. The molecule has 21 heavy (non-hydrogen) atoms. The third-order valence-electron chi connectivity index (χ3n) is 2.85. The Bertz CT molecular complexity index is 747. The van der Waals surface area contributed by atoms with Crippen molar-refractivity contribution in [3.05, 3.63) is 47.6 Å². The predicted octanol–water partition coefficient (Wildman–Crippen LogP) is 0.254. The van der Waals surface area contributed by atoms with Crippen LogP contribution >= 0.6 is 0 Å². The average molecular weight is 287 g/mol. The lowest BCUT2D eigenvalue weighted by molar-refractivity contribution is 0.0689. The largest absolute Gasteiger partial charge is 0.477 e. The molecule has 0 atom stereocenters. The van der Waals surface area contributed by atoms with E-state index in [0.29, 0.717) is 5.57 Å². The molecule has 8 heteroatoms. The van der Waals surface area contributed by atoms with Crippen molar-refractivity contribution in [2.24, 2.45) is 5.73 Å². The van der Waals surface area contributed by atoms with Crippen LogP contribution in [0.2, 0.25) is 0 Å². The summed E-state index contributed by atoms with van der Waals surface area (Å²) >= 11 is 0. The van der Waals surface area contributed by atoms with E-state index in [1.54, 1.807) is 12.1 Å². The van der Waals surface area contributed by atoms with Gasteiger partial charge in [-0.05, 0) is 12.1 Å². The van der Waals surface area contributed by atoms with Gasteiger partial charge in [-0.1, -0.05) is 0 Å². The number of rotatable bonds is 5. The Morgan fingerprint density at radius 2 is 2.29 bits per heavy atom. The highest BCUT2D eigenvalue weighted by molar-refractivity contribution is 6.01. The molecule has 2 aromatic heterocycles. The summed E-state index contributed by atoms with van der Waals surface area (Å²) in [5.74, 6) is -1.55. The van der Waals surface area contributed by atoms with E-state index >= 15 is 0 Å². The maximum absolute atomic E-state index is 12.1. The van der Waals surface area contributed by atoms with E-state index < -0.39 is 11.9 Å². The monoisotopic (exact) mass is 287 g/mol. The first-order chi connectivity index (χ1) is 10.1. The van der Waals surface area contributed by atoms with E-state index in [0.717, 1.165) is 6.21 Å². The Morgan fingerprint density at radius 1 is 1.52 bits per heavy atom. The third kappa shape index (κ3) is 2.73. The van der Waals surface area contributed by atoms with E-state index in [9.17, 15) is 9.59 Å². The number of carbonyl (C=O) groups is 2. The Hall–Kier alpha value is -3.16. The topological polar surface area (TPSA) is 134 Å². The van der Waals surface area contributed by atoms with Crippen LogP contribution in [0, 0.1) is 5.41 Å². The molecule has 8 nitrogen and oxygen atoms in total. The van der Waals surface area contributed by atoms with Gasteiger partial charge in [-0.2, -0.15) is 0 Å². The van der Waals surface area contributed by atoms with Crippen molar-refractivity contribution in [3.8, 4) is 0 Å². The Balaban J connectivity index is 2.32. The molecule has 0 radical (unpaired) electrons. The molecule has 0 bridgehead atoms. The number of nitrogens with one attached hydrogen (secondary N) is 2. The molecule has 0 aliphatic rings. The summed E-state index contributed by atoms with van der Waals surface area (Å²) in [6, 6.07) is 3.10. The number of hydrogen-bond donors (Lipinski definition) is 4. The van der Waals surface area contributed by atoms with E-state index in [-0.39, 0.29) is 23.4 Å². The van der Waals surface area contributed by atoms with Gasteiger partial charge in [0.15, 0.2) is 5.69 Å². The average Bonchev–Trinajstić information content (AvgIpc) is 2.92. The molecule has 0 unspecified atom stereocenters. The number of carboxylic acid groups (broad SMARTS) is 1. The van der Waals surface area contributed by atoms with Gasteiger partial charge in [-0.3, -0.25) is 9.20 Å². The number of fused-ring (bicyclic) bond motifs is 1. The summed E-state index contributed by atoms with van der Waals surface area (Å²) in [5, 5.41) is 18.7. The summed E-state index contributed by atoms with van der Waals surface area (Å²) in [6.45, 7) is 0.104. The van der Waals surface area contributed by atoms with Gasteiger partial charge in [0.05, 0.1) is 11.8 Å². The van der Waals surface area contributed by atoms with Crippen LogP contribution in [0.25, 0.3) is 5.65 Å². The number of hydrogen-bond acceptors (Lipinski definition) is 5. The number of aromatic carboxylic acids is 1. The summed E-state index contributed by atoms with van der Waals surface area (Å²) in [7, 11) is 0. The fourth-order valence-electron chi connectivity index (χ4n) is 1.78. The van der Waals surface area contributed by atoms with Crippen LogP contribution in [0.4, 0.5) is 0 Å². The second-order valence-electron chi connectivity index (χ2n) is 4.13. The highest BCUT2D eigenvalue weighted by atomic mass is 16.4. The summed E-state index contributed by atoms with van der Waals surface area (Å²) in [4.78, 5) is 27.1. The van der Waals surface area contributed by atoms with Crippen molar-refractivity contribution in [2.45, 2.75) is 0 Å². The van der Waals surface area contributed by atoms with Crippen molar-refractivity contribution in [2.75, 3.05) is 6.54 Å². The zero-order valence-electron chi connectivity index (χ0n) is 10.9. The number of aromatic nitrogens is 2. The zero-order chi connectivity index (χ0) is 15.4. The van der Waals surface area contributed by atoms with Gasteiger partial charge in [-0.15, -0.1) is 0 Å². The van der Waals surface area contributed by atoms with E-state index in [4.69, 9.17) is 16.2 Å². The number of imidazole rings is 1. The number of amides is 1. The molecule has 1 amide bonds. The first-order valence-corrected chi connectivity index (χ1v) is 5.97. The van der Waals surface area contributed by atoms with E-state index in [1.807, 2.05) is 0 Å². The van der Waals surface area contributed by atoms with Crippen molar-refractivity contribution in [3.63, 3.8) is 0 Å². The number of nitrogens with two attached hydrogens (primary N) is 1. The lowest BCUT2D eigenvalue weighted by atomic mass is 10.2. The quantitative estimate of drug-likeness (QED) is 0.585.